The van der Waals surface area contributed by atoms with Crippen LogP contribution in [0.25, 0.3) is 11.1 Å². The quantitative estimate of drug-likeness (QED) is 0.235. The number of halogens is 6. The Balaban J connectivity index is 0.000000367. The van der Waals surface area contributed by atoms with Crippen LogP contribution in [0.15, 0.2) is 48.7 Å². The summed E-state index contributed by atoms with van der Waals surface area (Å²) in [5, 5.41) is 27.2. The van der Waals surface area contributed by atoms with Gasteiger partial charge in [0, 0.05) is 17.8 Å². The summed E-state index contributed by atoms with van der Waals surface area (Å²) in [7, 11) is 0. The largest absolute Gasteiger partial charge is 0.494 e. The summed E-state index contributed by atoms with van der Waals surface area (Å²) in [5.41, 5.74) is 10.7. The first kappa shape index (κ1) is 33.4. The van der Waals surface area contributed by atoms with E-state index < -0.39 is 24.3 Å². The topological polar surface area (TPSA) is 180 Å². The Kier molecular flexibility index (Phi) is 11.3. The highest BCUT2D eigenvalue weighted by Crippen LogP contribution is 2.26. The minimum absolute atomic E-state index is 0.0527. The third-order valence-electron chi connectivity index (χ3n) is 5.39. The number of aromatic nitrogens is 2. The number of nitrogens with one attached hydrogen (secondary N) is 3. The second kappa shape index (κ2) is 14.2. The Labute approximate surface area is 233 Å². The molecule has 228 valence electrons. The highest BCUT2D eigenvalue weighted by atomic mass is 19.4. The van der Waals surface area contributed by atoms with Crippen LogP contribution >= 0.6 is 0 Å². The van der Waals surface area contributed by atoms with Crippen molar-refractivity contribution in [3.63, 3.8) is 0 Å². The van der Waals surface area contributed by atoms with E-state index in [2.05, 4.69) is 26.9 Å². The lowest BCUT2D eigenvalue weighted by atomic mass is 9.95. The summed E-state index contributed by atoms with van der Waals surface area (Å²) in [6.45, 7) is 3.25. The van der Waals surface area contributed by atoms with Gasteiger partial charge >= 0.3 is 24.3 Å². The van der Waals surface area contributed by atoms with Gasteiger partial charge in [-0.05, 0) is 54.3 Å². The summed E-state index contributed by atoms with van der Waals surface area (Å²) < 4.78 is 69.0. The van der Waals surface area contributed by atoms with Gasteiger partial charge in [0.2, 0.25) is 5.91 Å². The lowest BCUT2D eigenvalue weighted by Crippen LogP contribution is -2.44. The molecule has 2 heterocycles. The number of carbonyl (C=O) groups is 3. The van der Waals surface area contributed by atoms with Gasteiger partial charge in [0.25, 0.3) is 0 Å². The fourth-order valence-electron chi connectivity index (χ4n) is 3.42. The van der Waals surface area contributed by atoms with Crippen molar-refractivity contribution in [2.45, 2.75) is 38.3 Å². The number of nitrogens with two attached hydrogens (primary N) is 1. The number of aromatic amines is 1. The van der Waals surface area contributed by atoms with Crippen LogP contribution in [-0.4, -0.2) is 63.3 Å². The predicted octanol–water partition coefficient (Wildman–Crippen LogP) is 3.98. The van der Waals surface area contributed by atoms with Crippen LogP contribution in [0.4, 0.5) is 37.8 Å². The average molecular weight is 605 g/mol. The molecule has 2 aromatic carbocycles. The van der Waals surface area contributed by atoms with Gasteiger partial charge in [-0.2, -0.15) is 31.4 Å². The van der Waals surface area contributed by atoms with E-state index in [0.29, 0.717) is 25.4 Å². The molecule has 7 N–H and O–H groups in total. The Morgan fingerprint density at radius 2 is 1.57 bits per heavy atom. The van der Waals surface area contributed by atoms with Crippen LogP contribution in [0.2, 0.25) is 0 Å². The number of carbonyl (C=O) groups excluding carboxylic acids is 1. The lowest BCUT2D eigenvalue weighted by Gasteiger charge is -2.26. The molecule has 1 aliphatic heterocycles. The maximum Gasteiger partial charge on any atom is 0.490 e. The van der Waals surface area contributed by atoms with Crippen molar-refractivity contribution in [2.24, 2.45) is 0 Å². The zero-order chi connectivity index (χ0) is 31.7. The zero-order valence-electron chi connectivity index (χ0n) is 21.6. The number of aliphatic carboxylic acids is 2. The van der Waals surface area contributed by atoms with Gasteiger partial charge in [0.15, 0.2) is 0 Å². The molecule has 42 heavy (non-hydrogen) atoms. The predicted molar refractivity (Wildman–Crippen MR) is 136 cm³/mol. The molecular weight excluding hydrogens is 580 g/mol. The van der Waals surface area contributed by atoms with Crippen molar-refractivity contribution in [1.29, 1.82) is 0 Å². The van der Waals surface area contributed by atoms with Crippen LogP contribution in [0, 0.1) is 0 Å². The number of carboxylic acid groups (broad SMARTS) is 2. The number of ether oxygens (including phenoxy) is 1. The molecule has 0 aliphatic carbocycles. The van der Waals surface area contributed by atoms with E-state index >= 15 is 0 Å². The molecule has 1 aliphatic rings. The number of H-pyrrole nitrogens is 1. The van der Waals surface area contributed by atoms with Gasteiger partial charge in [-0.25, -0.2) is 9.59 Å². The molecule has 11 nitrogen and oxygen atoms in total. The molecule has 0 spiro atoms. The first-order valence-corrected chi connectivity index (χ1v) is 11.8. The van der Waals surface area contributed by atoms with Gasteiger partial charge < -0.3 is 31.3 Å². The Bertz CT molecular complexity index is 1350. The molecule has 0 fully saturated rings. The molecule has 1 amide bonds. The Morgan fingerprint density at radius 3 is 2.05 bits per heavy atom. The second-order valence-electron chi connectivity index (χ2n) is 8.37. The monoisotopic (exact) mass is 605 g/mol. The zero-order valence-corrected chi connectivity index (χ0v) is 21.6. The highest BCUT2D eigenvalue weighted by molar-refractivity contribution is 5.95. The van der Waals surface area contributed by atoms with Crippen LogP contribution in [0.5, 0.6) is 5.75 Å². The molecule has 17 heteroatoms. The second-order valence-corrected chi connectivity index (χ2v) is 8.37. The van der Waals surface area contributed by atoms with E-state index in [-0.39, 0.29) is 11.9 Å². The molecule has 4 rings (SSSR count). The van der Waals surface area contributed by atoms with Crippen molar-refractivity contribution in [3.05, 3.63) is 59.8 Å². The number of hydrogen-bond acceptors (Lipinski definition) is 7. The van der Waals surface area contributed by atoms with E-state index in [4.69, 9.17) is 30.3 Å². The number of hydrogen-bond donors (Lipinski definition) is 6. The standard InChI is InChI=1S/C21H23N5O2.2C2HF3O2/c1-2-28-17-8-5-14-11-23-19(10-15(14)9-17)21(27)25-16-6-3-13(4-7-16)18-12-24-26-20(18)22;2*3-2(4,5)1(6)7/h3-9,12,19,23H,2,10-11H2,1H3,(H,25,27)(H3,22,24,26);2*(H,6,7). The average Bonchev–Trinajstić information content (AvgIpc) is 3.34. The Hall–Kier alpha value is -4.80. The summed E-state index contributed by atoms with van der Waals surface area (Å²) in [5.74, 6) is -4.20. The molecule has 0 radical (unpaired) electrons. The lowest BCUT2D eigenvalue weighted by molar-refractivity contribution is -0.193. The molecule has 0 saturated carbocycles. The van der Waals surface area contributed by atoms with E-state index in [9.17, 15) is 31.1 Å². The van der Waals surface area contributed by atoms with Crippen LogP contribution in [0.3, 0.4) is 0 Å². The summed E-state index contributed by atoms with van der Waals surface area (Å²) in [6, 6.07) is 13.3. The van der Waals surface area contributed by atoms with Gasteiger partial charge in [0.05, 0.1) is 18.8 Å². The number of amides is 1. The van der Waals surface area contributed by atoms with Crippen LogP contribution in [0.1, 0.15) is 18.1 Å². The fraction of sp³-hybridized carbons (Fsp3) is 0.280. The Morgan fingerprint density at radius 1 is 1.00 bits per heavy atom. The molecule has 0 bridgehead atoms. The van der Waals surface area contributed by atoms with Gasteiger partial charge in [0.1, 0.15) is 11.6 Å². The third kappa shape index (κ3) is 9.99. The molecule has 3 aromatic rings. The number of alkyl halides is 6. The molecular formula is C25H25F6N5O6. The van der Waals surface area contributed by atoms with Gasteiger partial charge in [-0.15, -0.1) is 0 Å². The van der Waals surface area contributed by atoms with E-state index in [0.717, 1.165) is 28.1 Å². The first-order valence-electron chi connectivity index (χ1n) is 11.8. The van der Waals surface area contributed by atoms with Crippen molar-refractivity contribution < 1.29 is 55.7 Å². The van der Waals surface area contributed by atoms with Crippen molar-refractivity contribution in [1.82, 2.24) is 15.5 Å². The van der Waals surface area contributed by atoms with Crippen LogP contribution in [-0.2, 0) is 27.3 Å². The smallest absolute Gasteiger partial charge is 0.490 e. The van der Waals surface area contributed by atoms with Gasteiger partial charge in [-0.3, -0.25) is 9.89 Å². The maximum absolute atomic E-state index is 12.7. The summed E-state index contributed by atoms with van der Waals surface area (Å²) in [6.07, 6.45) is -7.85. The van der Waals surface area contributed by atoms with E-state index in [1.54, 1.807) is 6.20 Å². The fourth-order valence-corrected chi connectivity index (χ4v) is 3.42. The number of carboxylic acids is 2. The van der Waals surface area contributed by atoms with Crippen molar-refractivity contribution >= 4 is 29.4 Å². The summed E-state index contributed by atoms with van der Waals surface area (Å²) >= 11 is 0. The van der Waals surface area contributed by atoms with E-state index in [1.807, 2.05) is 43.3 Å². The minimum atomic E-state index is -5.08. The number of fused-ring (bicyclic) bond motifs is 1. The van der Waals surface area contributed by atoms with Crippen molar-refractivity contribution in [3.8, 4) is 16.9 Å². The number of rotatable bonds is 5. The third-order valence-corrected chi connectivity index (χ3v) is 5.39. The number of nitrogens with zero attached hydrogens (tertiary/aromatic N) is 1. The molecule has 1 atom stereocenters. The van der Waals surface area contributed by atoms with Crippen molar-refractivity contribution in [2.75, 3.05) is 17.7 Å². The van der Waals surface area contributed by atoms with Gasteiger partial charge in [-0.1, -0.05) is 18.2 Å². The number of anilines is 2. The normalized spacial score (nSPS) is 14.2. The molecule has 1 aromatic heterocycles. The molecule has 1 unspecified atom stereocenters. The number of benzene rings is 2. The molecule has 0 saturated heterocycles. The minimum Gasteiger partial charge on any atom is -0.494 e. The van der Waals surface area contributed by atoms with Crippen LogP contribution < -0.4 is 21.1 Å². The van der Waals surface area contributed by atoms with E-state index in [1.165, 1.54) is 5.56 Å². The number of nitrogen functional groups attached to an aromatic ring is 1. The first-order chi connectivity index (χ1) is 19.5. The SMILES string of the molecule is CCOc1ccc2c(c1)CC(C(=O)Nc1ccc(-c3cn[nH]c3N)cc1)NC2.O=C(O)C(F)(F)F.O=C(O)C(F)(F)F. The maximum atomic E-state index is 12.7. The summed E-state index contributed by atoms with van der Waals surface area (Å²) in [4.78, 5) is 30.5. The highest BCUT2D eigenvalue weighted by Gasteiger charge is 2.38.